The van der Waals surface area contributed by atoms with Crippen LogP contribution in [0.5, 0.6) is 0 Å². The zero-order valence-electron chi connectivity index (χ0n) is 13.4. The molecule has 3 rings (SSSR count). The molecule has 1 aliphatic carbocycles. The number of pyridine rings is 1. The number of aryl methyl sites for hydroxylation is 1. The normalized spacial score (nSPS) is 21.6. The van der Waals surface area contributed by atoms with Crippen molar-refractivity contribution in [2.75, 3.05) is 6.61 Å². The van der Waals surface area contributed by atoms with Gasteiger partial charge in [0, 0.05) is 12.8 Å². The Kier molecular flexibility index (Phi) is 4.71. The molecule has 0 aliphatic heterocycles. The first-order valence-electron chi connectivity index (χ1n) is 8.08. The molecule has 0 saturated heterocycles. The lowest BCUT2D eigenvalue weighted by molar-refractivity contribution is 0.0260. The van der Waals surface area contributed by atoms with Crippen LogP contribution in [0.1, 0.15) is 44.2 Å². The predicted molar refractivity (Wildman–Crippen MR) is 83.0 cm³/mol. The van der Waals surface area contributed by atoms with E-state index in [0.29, 0.717) is 11.8 Å². The zero-order valence-corrected chi connectivity index (χ0v) is 13.4. The van der Waals surface area contributed by atoms with Crippen molar-refractivity contribution >= 4 is 0 Å². The Balaban J connectivity index is 1.80. The van der Waals surface area contributed by atoms with Crippen molar-refractivity contribution in [3.63, 3.8) is 0 Å². The van der Waals surface area contributed by atoms with Crippen LogP contribution in [-0.2, 0) is 4.74 Å². The molecule has 0 spiro atoms. The van der Waals surface area contributed by atoms with Crippen LogP contribution in [0, 0.1) is 18.7 Å². The second kappa shape index (κ2) is 6.74. The van der Waals surface area contributed by atoms with Gasteiger partial charge in [0.05, 0.1) is 12.1 Å². The van der Waals surface area contributed by atoms with Gasteiger partial charge in [-0.1, -0.05) is 0 Å². The Hall–Kier alpha value is -1.82. The van der Waals surface area contributed by atoms with Crippen LogP contribution < -0.4 is 0 Å². The summed E-state index contributed by atoms with van der Waals surface area (Å²) in [6.45, 7) is 4.59. The fourth-order valence-corrected chi connectivity index (χ4v) is 3.20. The van der Waals surface area contributed by atoms with Crippen LogP contribution in [0.3, 0.4) is 0 Å². The van der Waals surface area contributed by atoms with Crippen LogP contribution in [-0.4, -0.2) is 27.5 Å². The standard InChI is InChI=1S/C17H21F2N3O/c1-3-23-13-6-4-12(5-7-13)22-10-11(2)16(21-22)17-14(18)8-9-15(19)20-17/h8-10,12-13H,3-7H2,1-2H3. The average Bonchev–Trinajstić information content (AvgIpc) is 2.92. The molecule has 4 nitrogen and oxygen atoms in total. The first-order valence-corrected chi connectivity index (χ1v) is 8.08. The molecule has 1 fully saturated rings. The largest absolute Gasteiger partial charge is 0.379 e. The van der Waals surface area contributed by atoms with E-state index in [1.165, 1.54) is 0 Å². The van der Waals surface area contributed by atoms with Crippen molar-refractivity contribution in [2.45, 2.75) is 51.7 Å². The lowest BCUT2D eigenvalue weighted by Crippen LogP contribution is -2.24. The molecule has 0 amide bonds. The predicted octanol–water partition coefficient (Wildman–Crippen LogP) is 4.05. The summed E-state index contributed by atoms with van der Waals surface area (Å²) in [5, 5.41) is 4.48. The third-order valence-corrected chi connectivity index (χ3v) is 4.37. The molecule has 0 bridgehead atoms. The van der Waals surface area contributed by atoms with E-state index in [4.69, 9.17) is 4.74 Å². The van der Waals surface area contributed by atoms with Gasteiger partial charge in [0.15, 0.2) is 5.82 Å². The summed E-state index contributed by atoms with van der Waals surface area (Å²) in [6.07, 6.45) is 6.18. The lowest BCUT2D eigenvalue weighted by Gasteiger charge is -2.28. The Bertz CT molecular complexity index is 678. The molecule has 124 valence electrons. The molecule has 23 heavy (non-hydrogen) atoms. The van der Waals surface area contributed by atoms with Crippen LogP contribution in [0.4, 0.5) is 8.78 Å². The summed E-state index contributed by atoms with van der Waals surface area (Å²) in [6, 6.07) is 2.37. The van der Waals surface area contributed by atoms with Gasteiger partial charge < -0.3 is 4.74 Å². The minimum atomic E-state index is -0.701. The highest BCUT2D eigenvalue weighted by Crippen LogP contribution is 2.32. The summed E-state index contributed by atoms with van der Waals surface area (Å²) in [4.78, 5) is 3.66. The highest BCUT2D eigenvalue weighted by atomic mass is 19.1. The molecule has 2 aromatic heterocycles. The highest BCUT2D eigenvalue weighted by molar-refractivity contribution is 5.58. The SMILES string of the molecule is CCOC1CCC(n2cc(C)c(-c3nc(F)ccc3F)n2)CC1. The summed E-state index contributed by atoms with van der Waals surface area (Å²) in [5.74, 6) is -1.26. The van der Waals surface area contributed by atoms with Crippen LogP contribution in [0.25, 0.3) is 11.4 Å². The van der Waals surface area contributed by atoms with Crippen LogP contribution in [0.15, 0.2) is 18.3 Å². The molecular formula is C17H21F2N3O. The van der Waals surface area contributed by atoms with Gasteiger partial charge in [0.25, 0.3) is 0 Å². The van der Waals surface area contributed by atoms with Crippen molar-refractivity contribution in [3.05, 3.63) is 35.7 Å². The van der Waals surface area contributed by atoms with Crippen molar-refractivity contribution in [3.8, 4) is 11.4 Å². The van der Waals surface area contributed by atoms with E-state index in [2.05, 4.69) is 10.1 Å². The van der Waals surface area contributed by atoms with Gasteiger partial charge in [0.1, 0.15) is 11.4 Å². The van der Waals surface area contributed by atoms with Gasteiger partial charge in [0.2, 0.25) is 5.95 Å². The van der Waals surface area contributed by atoms with Crippen molar-refractivity contribution in [1.29, 1.82) is 0 Å². The van der Waals surface area contributed by atoms with Crippen molar-refractivity contribution in [2.24, 2.45) is 0 Å². The summed E-state index contributed by atoms with van der Waals surface area (Å²) in [5.41, 5.74) is 1.19. The number of ether oxygens (including phenoxy) is 1. The number of hydrogen-bond acceptors (Lipinski definition) is 3. The van der Waals surface area contributed by atoms with Crippen molar-refractivity contribution < 1.29 is 13.5 Å². The Morgan fingerprint density at radius 2 is 1.91 bits per heavy atom. The molecule has 0 radical (unpaired) electrons. The first-order chi connectivity index (χ1) is 11.1. The summed E-state index contributed by atoms with van der Waals surface area (Å²) >= 11 is 0. The summed E-state index contributed by atoms with van der Waals surface area (Å²) in [7, 11) is 0. The third-order valence-electron chi connectivity index (χ3n) is 4.37. The molecule has 0 unspecified atom stereocenters. The maximum atomic E-state index is 13.9. The van der Waals surface area contributed by atoms with E-state index in [1.54, 1.807) is 0 Å². The van der Waals surface area contributed by atoms with Gasteiger partial charge in [-0.2, -0.15) is 9.49 Å². The van der Waals surface area contributed by atoms with Crippen LogP contribution >= 0.6 is 0 Å². The van der Waals surface area contributed by atoms with E-state index in [1.807, 2.05) is 24.7 Å². The molecule has 6 heteroatoms. The monoisotopic (exact) mass is 321 g/mol. The molecule has 1 saturated carbocycles. The van der Waals surface area contributed by atoms with Gasteiger partial charge >= 0.3 is 0 Å². The minimum Gasteiger partial charge on any atom is -0.379 e. The number of rotatable bonds is 4. The van der Waals surface area contributed by atoms with Crippen LogP contribution in [0.2, 0.25) is 0 Å². The molecule has 2 aromatic rings. The maximum Gasteiger partial charge on any atom is 0.213 e. The Morgan fingerprint density at radius 1 is 1.17 bits per heavy atom. The molecule has 1 aliphatic rings. The summed E-state index contributed by atoms with van der Waals surface area (Å²) < 4.78 is 34.8. The second-order valence-electron chi connectivity index (χ2n) is 5.99. The fourth-order valence-electron chi connectivity index (χ4n) is 3.20. The molecule has 0 N–H and O–H groups in total. The number of halogens is 2. The minimum absolute atomic E-state index is 0.0238. The van der Waals surface area contributed by atoms with E-state index >= 15 is 0 Å². The highest BCUT2D eigenvalue weighted by Gasteiger charge is 2.24. The van der Waals surface area contributed by atoms with E-state index < -0.39 is 11.8 Å². The first kappa shape index (κ1) is 16.1. The van der Waals surface area contributed by atoms with E-state index in [0.717, 1.165) is 50.0 Å². The molecule has 0 aromatic carbocycles. The van der Waals surface area contributed by atoms with Gasteiger partial charge in [-0.3, -0.25) is 4.68 Å². The third kappa shape index (κ3) is 3.42. The fraction of sp³-hybridized carbons (Fsp3) is 0.529. The van der Waals surface area contributed by atoms with Gasteiger partial charge in [-0.05, 0) is 57.2 Å². The number of hydrogen-bond donors (Lipinski definition) is 0. The smallest absolute Gasteiger partial charge is 0.213 e. The zero-order chi connectivity index (χ0) is 16.4. The second-order valence-corrected chi connectivity index (χ2v) is 5.99. The molecule has 2 heterocycles. The van der Waals surface area contributed by atoms with Crippen molar-refractivity contribution in [1.82, 2.24) is 14.8 Å². The van der Waals surface area contributed by atoms with E-state index in [9.17, 15) is 8.78 Å². The number of nitrogens with zero attached hydrogens (tertiary/aromatic N) is 3. The lowest BCUT2D eigenvalue weighted by atomic mass is 9.93. The molecule has 0 atom stereocenters. The Morgan fingerprint density at radius 3 is 2.61 bits per heavy atom. The molecular weight excluding hydrogens is 300 g/mol. The van der Waals surface area contributed by atoms with Gasteiger partial charge in [-0.15, -0.1) is 0 Å². The topological polar surface area (TPSA) is 39.9 Å². The Labute approximate surface area is 134 Å². The maximum absolute atomic E-state index is 13.9. The average molecular weight is 321 g/mol. The number of aromatic nitrogens is 3. The quantitative estimate of drug-likeness (QED) is 0.798. The van der Waals surface area contributed by atoms with E-state index in [-0.39, 0.29) is 11.7 Å². The van der Waals surface area contributed by atoms with Gasteiger partial charge in [-0.25, -0.2) is 9.37 Å².